The van der Waals surface area contributed by atoms with E-state index in [1.165, 1.54) is 0 Å². The number of hydrogen-bond donors (Lipinski definition) is 1. The minimum atomic E-state index is -3.55. The number of aryl methyl sites for hydroxylation is 2. The van der Waals surface area contributed by atoms with Crippen LogP contribution >= 0.6 is 0 Å². The van der Waals surface area contributed by atoms with E-state index < -0.39 is 10.0 Å². The van der Waals surface area contributed by atoms with Crippen LogP contribution in [0.3, 0.4) is 0 Å². The molecule has 0 spiro atoms. The van der Waals surface area contributed by atoms with E-state index >= 15 is 0 Å². The lowest BCUT2D eigenvalue weighted by atomic mass is 10.1. The Bertz CT molecular complexity index is 708. The van der Waals surface area contributed by atoms with Crippen molar-refractivity contribution in [1.29, 1.82) is 0 Å². The molecular formula is C17H21NO2S. The fourth-order valence-electron chi connectivity index (χ4n) is 2.23. The Morgan fingerprint density at radius 2 is 1.67 bits per heavy atom. The van der Waals surface area contributed by atoms with Gasteiger partial charge in [-0.25, -0.2) is 8.42 Å². The molecule has 2 aromatic rings. The molecule has 0 bridgehead atoms. The molecule has 0 aliphatic heterocycles. The molecule has 4 heteroatoms. The highest BCUT2D eigenvalue weighted by Crippen LogP contribution is 2.22. The predicted octanol–water partition coefficient (Wildman–Crippen LogP) is 4.14. The summed E-state index contributed by atoms with van der Waals surface area (Å²) in [5.74, 6) is 0. The maximum atomic E-state index is 12.6. The first kappa shape index (κ1) is 15.6. The van der Waals surface area contributed by atoms with E-state index in [-0.39, 0.29) is 0 Å². The third-order valence-corrected chi connectivity index (χ3v) is 4.92. The van der Waals surface area contributed by atoms with E-state index in [1.54, 1.807) is 18.2 Å². The normalized spacial score (nSPS) is 11.3. The highest BCUT2D eigenvalue weighted by Gasteiger charge is 2.18. The van der Waals surface area contributed by atoms with Gasteiger partial charge in [-0.1, -0.05) is 49.7 Å². The lowest BCUT2D eigenvalue weighted by Crippen LogP contribution is -2.15. The fraction of sp³-hybridized carbons (Fsp3) is 0.294. The number of para-hydroxylation sites is 1. The van der Waals surface area contributed by atoms with Crippen LogP contribution in [0.2, 0.25) is 0 Å². The van der Waals surface area contributed by atoms with Crippen LogP contribution in [0.1, 0.15) is 30.9 Å². The van der Waals surface area contributed by atoms with E-state index in [9.17, 15) is 8.42 Å². The Labute approximate surface area is 127 Å². The Balaban J connectivity index is 2.34. The number of sulfonamides is 1. The number of anilines is 1. The van der Waals surface area contributed by atoms with Crippen LogP contribution in [0.25, 0.3) is 0 Å². The van der Waals surface area contributed by atoms with Crippen molar-refractivity contribution in [1.82, 2.24) is 0 Å². The molecule has 0 aliphatic rings. The molecule has 1 N–H and O–H groups in total. The maximum Gasteiger partial charge on any atom is 0.262 e. The third-order valence-electron chi connectivity index (χ3n) is 3.45. The van der Waals surface area contributed by atoms with E-state index in [2.05, 4.69) is 11.6 Å². The van der Waals surface area contributed by atoms with Crippen molar-refractivity contribution < 1.29 is 8.42 Å². The van der Waals surface area contributed by atoms with Crippen LogP contribution in [0.5, 0.6) is 0 Å². The number of hydrogen-bond acceptors (Lipinski definition) is 2. The lowest BCUT2D eigenvalue weighted by molar-refractivity contribution is 0.599. The molecule has 0 aliphatic carbocycles. The molecular weight excluding hydrogens is 282 g/mol. The first-order chi connectivity index (χ1) is 10.0. The maximum absolute atomic E-state index is 12.6. The summed E-state index contributed by atoms with van der Waals surface area (Å²) >= 11 is 0. The molecule has 0 radical (unpaired) electrons. The van der Waals surface area contributed by atoms with Crippen molar-refractivity contribution >= 4 is 15.7 Å². The summed E-state index contributed by atoms with van der Waals surface area (Å²) < 4.78 is 27.9. The van der Waals surface area contributed by atoms with Crippen LogP contribution < -0.4 is 4.72 Å². The van der Waals surface area contributed by atoms with Gasteiger partial charge in [0.15, 0.2) is 0 Å². The quantitative estimate of drug-likeness (QED) is 0.872. The first-order valence-corrected chi connectivity index (χ1v) is 8.69. The number of benzene rings is 2. The van der Waals surface area contributed by atoms with E-state index in [1.807, 2.05) is 37.3 Å². The predicted molar refractivity (Wildman–Crippen MR) is 87.0 cm³/mol. The molecule has 0 atom stereocenters. The summed E-state index contributed by atoms with van der Waals surface area (Å²) in [4.78, 5) is 0.377. The molecule has 0 saturated heterocycles. The molecule has 0 heterocycles. The van der Waals surface area contributed by atoms with Crippen molar-refractivity contribution in [3.63, 3.8) is 0 Å². The van der Waals surface area contributed by atoms with Crippen molar-refractivity contribution in [2.75, 3.05) is 4.72 Å². The second-order valence-corrected chi connectivity index (χ2v) is 6.78. The molecule has 3 nitrogen and oxygen atoms in total. The standard InChI is InChI=1S/C17H21NO2S/c1-3-4-10-15-11-6-8-13-17(15)21(19,20)18-16-12-7-5-9-14(16)2/h5-9,11-13,18H,3-4,10H2,1-2H3. The smallest absolute Gasteiger partial charge is 0.262 e. The van der Waals surface area contributed by atoms with Crippen LogP contribution in [0, 0.1) is 6.92 Å². The Morgan fingerprint density at radius 3 is 2.38 bits per heavy atom. The highest BCUT2D eigenvalue weighted by molar-refractivity contribution is 7.92. The third kappa shape index (κ3) is 3.85. The molecule has 21 heavy (non-hydrogen) atoms. The highest BCUT2D eigenvalue weighted by atomic mass is 32.2. The second-order valence-electron chi connectivity index (χ2n) is 5.13. The molecule has 0 saturated carbocycles. The summed E-state index contributed by atoms with van der Waals surface area (Å²) in [6.45, 7) is 3.99. The molecule has 0 aromatic heterocycles. The summed E-state index contributed by atoms with van der Waals surface area (Å²) in [6.07, 6.45) is 2.80. The topological polar surface area (TPSA) is 46.2 Å². The number of nitrogens with one attached hydrogen (secondary N) is 1. The zero-order valence-corrected chi connectivity index (χ0v) is 13.3. The molecule has 112 valence electrons. The van der Waals surface area contributed by atoms with Gasteiger partial charge >= 0.3 is 0 Å². The Hall–Kier alpha value is -1.81. The van der Waals surface area contributed by atoms with Crippen molar-refractivity contribution in [2.45, 2.75) is 38.0 Å². The zero-order valence-electron chi connectivity index (χ0n) is 12.5. The zero-order chi connectivity index (χ0) is 15.3. The van der Waals surface area contributed by atoms with Gasteiger partial charge in [-0.2, -0.15) is 0 Å². The molecule has 0 fully saturated rings. The van der Waals surface area contributed by atoms with Gasteiger partial charge in [0, 0.05) is 0 Å². The van der Waals surface area contributed by atoms with Gasteiger partial charge in [0.2, 0.25) is 0 Å². The van der Waals surface area contributed by atoms with E-state index in [4.69, 9.17) is 0 Å². The van der Waals surface area contributed by atoms with Crippen molar-refractivity contribution in [2.24, 2.45) is 0 Å². The molecule has 2 rings (SSSR count). The Morgan fingerprint density at radius 1 is 1.00 bits per heavy atom. The Kier molecular flexibility index (Phi) is 5.02. The minimum absolute atomic E-state index is 0.377. The number of unbranched alkanes of at least 4 members (excludes halogenated alkanes) is 1. The number of rotatable bonds is 6. The van der Waals surface area contributed by atoms with E-state index in [0.29, 0.717) is 10.6 Å². The van der Waals surface area contributed by atoms with Gasteiger partial charge in [-0.15, -0.1) is 0 Å². The monoisotopic (exact) mass is 303 g/mol. The van der Waals surface area contributed by atoms with Gasteiger partial charge in [0.1, 0.15) is 0 Å². The van der Waals surface area contributed by atoms with Crippen molar-refractivity contribution in [3.8, 4) is 0 Å². The molecule has 0 amide bonds. The van der Waals surface area contributed by atoms with Gasteiger partial charge in [-0.05, 0) is 43.0 Å². The summed E-state index contributed by atoms with van der Waals surface area (Å²) in [6, 6.07) is 14.6. The van der Waals surface area contributed by atoms with Gasteiger partial charge in [0.25, 0.3) is 10.0 Å². The lowest BCUT2D eigenvalue weighted by Gasteiger charge is -2.13. The van der Waals surface area contributed by atoms with Gasteiger partial charge in [-0.3, -0.25) is 4.72 Å². The van der Waals surface area contributed by atoms with Crippen LogP contribution in [-0.2, 0) is 16.4 Å². The molecule has 0 unspecified atom stereocenters. The van der Waals surface area contributed by atoms with Crippen molar-refractivity contribution in [3.05, 3.63) is 59.7 Å². The SMILES string of the molecule is CCCCc1ccccc1S(=O)(=O)Nc1ccccc1C. The van der Waals surface area contributed by atoms with Gasteiger partial charge < -0.3 is 0 Å². The summed E-state index contributed by atoms with van der Waals surface area (Å²) in [7, 11) is -3.55. The van der Waals surface area contributed by atoms with Crippen LogP contribution in [-0.4, -0.2) is 8.42 Å². The van der Waals surface area contributed by atoms with Crippen LogP contribution in [0.4, 0.5) is 5.69 Å². The second kappa shape index (κ2) is 6.76. The molecule has 2 aromatic carbocycles. The first-order valence-electron chi connectivity index (χ1n) is 7.21. The summed E-state index contributed by atoms with van der Waals surface area (Å²) in [5, 5.41) is 0. The van der Waals surface area contributed by atoms with Crippen LogP contribution in [0.15, 0.2) is 53.4 Å². The summed E-state index contributed by atoms with van der Waals surface area (Å²) in [5.41, 5.74) is 2.41. The average molecular weight is 303 g/mol. The van der Waals surface area contributed by atoms with E-state index in [0.717, 1.165) is 30.4 Å². The van der Waals surface area contributed by atoms with Gasteiger partial charge in [0.05, 0.1) is 10.6 Å². The minimum Gasteiger partial charge on any atom is -0.279 e. The average Bonchev–Trinajstić information content (AvgIpc) is 2.47. The fourth-order valence-corrected chi connectivity index (χ4v) is 3.63. The largest absolute Gasteiger partial charge is 0.279 e.